The summed E-state index contributed by atoms with van der Waals surface area (Å²) in [5.74, 6) is 1.52. The van der Waals surface area contributed by atoms with Crippen molar-refractivity contribution in [1.29, 1.82) is 0 Å². The molecule has 2 aromatic rings. The quantitative estimate of drug-likeness (QED) is 0.857. The van der Waals surface area contributed by atoms with Gasteiger partial charge < -0.3 is 9.64 Å². The van der Waals surface area contributed by atoms with Gasteiger partial charge in [0.25, 0.3) is 5.91 Å². The molecule has 0 unspecified atom stereocenters. The van der Waals surface area contributed by atoms with Gasteiger partial charge in [0.05, 0.1) is 24.4 Å². The third-order valence-electron chi connectivity index (χ3n) is 4.76. The smallest absolute Gasteiger partial charge is 0.257 e. The molecule has 1 aliphatic heterocycles. The summed E-state index contributed by atoms with van der Waals surface area (Å²) in [4.78, 5) is 25.6. The van der Waals surface area contributed by atoms with Gasteiger partial charge in [-0.3, -0.25) is 9.69 Å². The number of aromatic nitrogens is 2. The molecule has 1 fully saturated rings. The van der Waals surface area contributed by atoms with Crippen LogP contribution in [0, 0.1) is 13.8 Å². The molecule has 1 atom stereocenters. The van der Waals surface area contributed by atoms with E-state index < -0.39 is 0 Å². The highest BCUT2D eigenvalue weighted by atomic mass is 16.5. The van der Waals surface area contributed by atoms with Crippen LogP contribution in [0.3, 0.4) is 0 Å². The minimum Gasteiger partial charge on any atom is -0.496 e. The van der Waals surface area contributed by atoms with Crippen LogP contribution in [0.2, 0.25) is 0 Å². The molecule has 0 radical (unpaired) electrons. The van der Waals surface area contributed by atoms with Crippen molar-refractivity contribution in [2.45, 2.75) is 19.9 Å². The monoisotopic (exact) mass is 340 g/mol. The number of aryl methyl sites for hydroxylation is 2. The van der Waals surface area contributed by atoms with Crippen LogP contribution in [-0.2, 0) is 0 Å². The van der Waals surface area contributed by atoms with Crippen LogP contribution >= 0.6 is 0 Å². The fourth-order valence-corrected chi connectivity index (χ4v) is 3.30. The van der Waals surface area contributed by atoms with E-state index in [-0.39, 0.29) is 11.9 Å². The molecule has 0 saturated carbocycles. The van der Waals surface area contributed by atoms with E-state index >= 15 is 0 Å². The number of piperazine rings is 1. The number of nitrogens with zero attached hydrogens (tertiary/aromatic N) is 4. The fourth-order valence-electron chi connectivity index (χ4n) is 3.30. The van der Waals surface area contributed by atoms with Crippen LogP contribution < -0.4 is 4.74 Å². The van der Waals surface area contributed by atoms with Crippen molar-refractivity contribution in [3.63, 3.8) is 0 Å². The Balaban J connectivity index is 1.86. The number of amides is 1. The third-order valence-corrected chi connectivity index (χ3v) is 4.76. The van der Waals surface area contributed by atoms with Gasteiger partial charge in [-0.15, -0.1) is 0 Å². The molecule has 132 valence electrons. The molecule has 6 nitrogen and oxygen atoms in total. The minimum absolute atomic E-state index is 0.00880. The van der Waals surface area contributed by atoms with Crippen molar-refractivity contribution in [1.82, 2.24) is 19.8 Å². The van der Waals surface area contributed by atoms with Crippen LogP contribution in [0.25, 0.3) is 0 Å². The summed E-state index contributed by atoms with van der Waals surface area (Å²) >= 11 is 0. The molecular weight excluding hydrogens is 316 g/mol. The zero-order valence-electron chi connectivity index (χ0n) is 15.2. The first kappa shape index (κ1) is 17.4. The Morgan fingerprint density at radius 3 is 2.72 bits per heavy atom. The molecule has 6 heteroatoms. The Morgan fingerprint density at radius 2 is 2.00 bits per heavy atom. The van der Waals surface area contributed by atoms with E-state index in [0.29, 0.717) is 24.5 Å². The van der Waals surface area contributed by atoms with E-state index in [9.17, 15) is 4.79 Å². The lowest BCUT2D eigenvalue weighted by Gasteiger charge is -2.40. The SMILES string of the molecule is COc1ccccc1[C@H]1CN(C(=O)c2cnc(C)nc2C)CCN1C. The molecule has 0 spiro atoms. The van der Waals surface area contributed by atoms with Crippen molar-refractivity contribution < 1.29 is 9.53 Å². The Labute approximate surface area is 148 Å². The number of rotatable bonds is 3. The molecule has 1 aliphatic rings. The number of methoxy groups -OCH3 is 1. The first-order valence-electron chi connectivity index (χ1n) is 8.44. The normalized spacial score (nSPS) is 18.2. The van der Waals surface area contributed by atoms with Crippen molar-refractivity contribution in [2.24, 2.45) is 0 Å². The maximum Gasteiger partial charge on any atom is 0.257 e. The number of hydrogen-bond acceptors (Lipinski definition) is 5. The van der Waals surface area contributed by atoms with Gasteiger partial charge in [0.1, 0.15) is 11.6 Å². The van der Waals surface area contributed by atoms with Crippen molar-refractivity contribution >= 4 is 5.91 Å². The maximum absolute atomic E-state index is 13.0. The number of para-hydroxylation sites is 1. The zero-order chi connectivity index (χ0) is 18.0. The molecule has 25 heavy (non-hydrogen) atoms. The van der Waals surface area contributed by atoms with E-state index in [1.54, 1.807) is 13.3 Å². The van der Waals surface area contributed by atoms with Gasteiger partial charge in [0.2, 0.25) is 0 Å². The predicted octanol–water partition coefficient (Wildman–Crippen LogP) is 2.23. The molecule has 1 amide bonds. The summed E-state index contributed by atoms with van der Waals surface area (Å²) < 4.78 is 5.51. The molecule has 2 heterocycles. The maximum atomic E-state index is 13.0. The Morgan fingerprint density at radius 1 is 1.24 bits per heavy atom. The lowest BCUT2D eigenvalue weighted by Crippen LogP contribution is -2.49. The highest BCUT2D eigenvalue weighted by Crippen LogP contribution is 2.31. The first-order chi connectivity index (χ1) is 12.0. The molecule has 0 aliphatic carbocycles. The van der Waals surface area contributed by atoms with E-state index in [0.717, 1.165) is 23.6 Å². The fraction of sp³-hybridized carbons (Fsp3) is 0.421. The van der Waals surface area contributed by atoms with Gasteiger partial charge in [-0.05, 0) is 27.0 Å². The average Bonchev–Trinajstić information content (AvgIpc) is 2.61. The van der Waals surface area contributed by atoms with Gasteiger partial charge in [0, 0.05) is 31.4 Å². The summed E-state index contributed by atoms with van der Waals surface area (Å²) in [5.41, 5.74) is 2.40. The second kappa shape index (κ2) is 7.19. The summed E-state index contributed by atoms with van der Waals surface area (Å²) in [7, 11) is 3.76. The Bertz CT molecular complexity index is 778. The number of carbonyl (C=O) groups excluding carboxylic acids is 1. The summed E-state index contributed by atoms with van der Waals surface area (Å²) in [5, 5.41) is 0. The van der Waals surface area contributed by atoms with Crippen molar-refractivity contribution in [3.05, 3.63) is 53.1 Å². The van der Waals surface area contributed by atoms with Crippen molar-refractivity contribution in [2.75, 3.05) is 33.8 Å². The summed E-state index contributed by atoms with van der Waals surface area (Å²) in [6.45, 7) is 5.79. The number of likely N-dealkylation sites (N-methyl/N-ethyl adjacent to an activating group) is 1. The van der Waals surface area contributed by atoms with Crippen LogP contribution in [0.4, 0.5) is 0 Å². The average molecular weight is 340 g/mol. The standard InChI is InChI=1S/C19H24N4O2/c1-13-16(11-20-14(2)21-13)19(24)23-10-9-22(3)17(12-23)15-7-5-6-8-18(15)25-4/h5-8,11,17H,9-10,12H2,1-4H3/t17-/m1/s1. The first-order valence-corrected chi connectivity index (χ1v) is 8.44. The van der Waals surface area contributed by atoms with Gasteiger partial charge in [-0.2, -0.15) is 0 Å². The highest BCUT2D eigenvalue weighted by Gasteiger charge is 2.31. The second-order valence-electron chi connectivity index (χ2n) is 6.41. The third kappa shape index (κ3) is 3.49. The van der Waals surface area contributed by atoms with Crippen LogP contribution in [-0.4, -0.2) is 59.5 Å². The van der Waals surface area contributed by atoms with Crippen LogP contribution in [0.1, 0.15) is 33.5 Å². The number of carbonyl (C=O) groups is 1. The van der Waals surface area contributed by atoms with Gasteiger partial charge in [-0.1, -0.05) is 18.2 Å². The molecule has 0 N–H and O–H groups in total. The summed E-state index contributed by atoms with van der Waals surface area (Å²) in [6.07, 6.45) is 1.64. The largest absolute Gasteiger partial charge is 0.496 e. The van der Waals surface area contributed by atoms with E-state index in [2.05, 4.69) is 28.0 Å². The van der Waals surface area contributed by atoms with Crippen molar-refractivity contribution in [3.8, 4) is 5.75 Å². The van der Waals surface area contributed by atoms with Crippen LogP contribution in [0.5, 0.6) is 5.75 Å². The van der Waals surface area contributed by atoms with Gasteiger partial charge in [0.15, 0.2) is 0 Å². The molecule has 0 bridgehead atoms. The number of ether oxygens (including phenoxy) is 1. The minimum atomic E-state index is -0.00880. The summed E-state index contributed by atoms with van der Waals surface area (Å²) in [6, 6.07) is 8.09. The van der Waals surface area contributed by atoms with Gasteiger partial charge in [-0.25, -0.2) is 9.97 Å². The lowest BCUT2D eigenvalue weighted by molar-refractivity contribution is 0.0540. The molecule has 1 aromatic heterocycles. The highest BCUT2D eigenvalue weighted by molar-refractivity contribution is 5.95. The van der Waals surface area contributed by atoms with Crippen LogP contribution in [0.15, 0.2) is 30.5 Å². The predicted molar refractivity (Wildman–Crippen MR) is 95.8 cm³/mol. The van der Waals surface area contributed by atoms with Gasteiger partial charge >= 0.3 is 0 Å². The Kier molecular flexibility index (Phi) is 4.99. The Hall–Kier alpha value is -2.47. The topological polar surface area (TPSA) is 58.6 Å². The van der Waals surface area contributed by atoms with E-state index in [1.165, 1.54) is 0 Å². The second-order valence-corrected chi connectivity index (χ2v) is 6.41. The number of benzene rings is 1. The molecule has 1 aromatic carbocycles. The lowest BCUT2D eigenvalue weighted by atomic mass is 10.0. The van der Waals surface area contributed by atoms with E-state index in [4.69, 9.17) is 4.74 Å². The number of hydrogen-bond donors (Lipinski definition) is 0. The van der Waals surface area contributed by atoms with E-state index in [1.807, 2.05) is 36.9 Å². The molecular formula is C19H24N4O2. The molecule has 3 rings (SSSR count). The molecule has 1 saturated heterocycles. The zero-order valence-corrected chi connectivity index (χ0v) is 15.2.